The van der Waals surface area contributed by atoms with Gasteiger partial charge in [0.15, 0.2) is 11.4 Å². The van der Waals surface area contributed by atoms with E-state index >= 15 is 0 Å². The van der Waals surface area contributed by atoms with E-state index in [2.05, 4.69) is 31.6 Å². The van der Waals surface area contributed by atoms with E-state index in [1.807, 2.05) is 6.92 Å². The number of hydrogen-bond acceptors (Lipinski definition) is 8. The number of aliphatic hydroxyl groups is 1. The lowest BCUT2D eigenvalue weighted by Gasteiger charge is -2.13. The van der Waals surface area contributed by atoms with Gasteiger partial charge in [-0.15, -0.1) is 10.2 Å². The van der Waals surface area contributed by atoms with Crippen LogP contribution in [0.25, 0.3) is 45.2 Å². The average molecular weight is 519 g/mol. The van der Waals surface area contributed by atoms with Crippen molar-refractivity contribution < 1.29 is 22.7 Å². The first-order chi connectivity index (χ1) is 18.2. The number of aromatic nitrogens is 5. The fraction of sp³-hybridized carbons (Fsp3) is 0.192. The van der Waals surface area contributed by atoms with Crippen molar-refractivity contribution in [3.05, 3.63) is 65.5 Å². The highest BCUT2D eigenvalue weighted by atomic mass is 19.4. The molecule has 0 aliphatic rings. The number of anilines is 1. The van der Waals surface area contributed by atoms with Crippen molar-refractivity contribution >= 4 is 16.9 Å². The van der Waals surface area contributed by atoms with Crippen LogP contribution in [0.3, 0.4) is 0 Å². The topological polar surface area (TPSA) is 126 Å². The first-order valence-electron chi connectivity index (χ1n) is 11.5. The molecule has 2 aromatic carbocycles. The minimum atomic E-state index is -4.72. The van der Waals surface area contributed by atoms with Gasteiger partial charge in [-0.2, -0.15) is 18.4 Å². The van der Waals surface area contributed by atoms with Gasteiger partial charge < -0.3 is 19.4 Å². The Labute approximate surface area is 214 Å². The molecule has 9 nitrogen and oxygen atoms in total. The Balaban J connectivity index is 1.74. The van der Waals surface area contributed by atoms with Gasteiger partial charge in [-0.3, -0.25) is 0 Å². The molecule has 3 heterocycles. The largest absolute Gasteiger partial charge is 0.434 e. The summed E-state index contributed by atoms with van der Waals surface area (Å²) < 4.78 is 48.6. The van der Waals surface area contributed by atoms with Gasteiger partial charge in [-0.1, -0.05) is 0 Å². The number of oxazole rings is 1. The van der Waals surface area contributed by atoms with Gasteiger partial charge in [0.2, 0.25) is 5.89 Å². The van der Waals surface area contributed by atoms with E-state index in [1.165, 1.54) is 6.07 Å². The number of fused-ring (bicyclic) bond motifs is 1. The zero-order valence-electron chi connectivity index (χ0n) is 20.2. The SMILES string of the molecule is CCNc1cc(-c2cc(C#N)ccc2-c2nncn2C)cc(-c2nc3cc(CO)cc(C(F)(F)F)c3o2)n1. The predicted octanol–water partition coefficient (Wildman–Crippen LogP) is 5.17. The van der Waals surface area contributed by atoms with Gasteiger partial charge in [0.05, 0.1) is 18.2 Å². The summed E-state index contributed by atoms with van der Waals surface area (Å²) in [5.74, 6) is 0.861. The Bertz CT molecular complexity index is 1700. The Hall–Kier alpha value is -4.76. The second kappa shape index (κ2) is 9.60. The van der Waals surface area contributed by atoms with Gasteiger partial charge in [0.25, 0.3) is 0 Å². The van der Waals surface area contributed by atoms with E-state index < -0.39 is 23.9 Å². The third-order valence-electron chi connectivity index (χ3n) is 5.85. The second-order valence-corrected chi connectivity index (χ2v) is 8.46. The van der Waals surface area contributed by atoms with E-state index in [-0.39, 0.29) is 22.7 Å². The maximum atomic E-state index is 13.7. The van der Waals surface area contributed by atoms with Gasteiger partial charge in [-0.25, -0.2) is 9.97 Å². The van der Waals surface area contributed by atoms with Crippen LogP contribution in [0.2, 0.25) is 0 Å². The van der Waals surface area contributed by atoms with E-state index in [9.17, 15) is 23.5 Å². The van der Waals surface area contributed by atoms with Crippen LogP contribution in [0.5, 0.6) is 0 Å². The number of nitriles is 1. The molecule has 12 heteroatoms. The monoisotopic (exact) mass is 519 g/mol. The van der Waals surface area contributed by atoms with Gasteiger partial charge in [0, 0.05) is 19.2 Å². The minimum absolute atomic E-state index is 0.0534. The molecule has 2 N–H and O–H groups in total. The molecule has 0 radical (unpaired) electrons. The lowest BCUT2D eigenvalue weighted by atomic mass is 9.96. The highest BCUT2D eigenvalue weighted by Crippen LogP contribution is 2.39. The van der Waals surface area contributed by atoms with Crippen molar-refractivity contribution in [1.29, 1.82) is 5.26 Å². The molecule has 0 spiro atoms. The van der Waals surface area contributed by atoms with Gasteiger partial charge >= 0.3 is 6.18 Å². The molecule has 0 bridgehead atoms. The van der Waals surface area contributed by atoms with Crippen molar-refractivity contribution in [2.75, 3.05) is 11.9 Å². The molecular weight excluding hydrogens is 499 g/mol. The highest BCUT2D eigenvalue weighted by molar-refractivity contribution is 5.85. The van der Waals surface area contributed by atoms with Crippen LogP contribution in [0.15, 0.2) is 53.2 Å². The number of hydrogen-bond donors (Lipinski definition) is 2. The van der Waals surface area contributed by atoms with Crippen molar-refractivity contribution in [3.8, 4) is 40.2 Å². The molecule has 0 amide bonds. The standard InChI is InChI=1S/C26H20F3N7O2/c1-3-31-22-10-16(18-6-14(11-30)4-5-17(18)24-35-32-13-36(24)2)9-21(33-22)25-34-20-8-15(12-37)7-19(23(20)38-25)26(27,28)29/h4-10,13,37H,3,12H2,1-2H3,(H,31,33). The van der Waals surface area contributed by atoms with Crippen LogP contribution < -0.4 is 5.32 Å². The molecule has 0 aliphatic carbocycles. The van der Waals surface area contributed by atoms with Gasteiger partial charge in [-0.05, 0) is 66.1 Å². The summed E-state index contributed by atoms with van der Waals surface area (Å²) in [5, 5.41) is 30.2. The zero-order valence-corrected chi connectivity index (χ0v) is 20.2. The maximum Gasteiger partial charge on any atom is 0.420 e. The Kier molecular flexibility index (Phi) is 6.30. The van der Waals surface area contributed by atoms with Crippen LogP contribution in [-0.2, 0) is 19.8 Å². The molecule has 5 aromatic rings. The zero-order chi connectivity index (χ0) is 27.0. The Morgan fingerprint density at radius 2 is 1.92 bits per heavy atom. The predicted molar refractivity (Wildman–Crippen MR) is 132 cm³/mol. The molecular formula is C26H20F3N7O2. The molecule has 0 saturated carbocycles. The third kappa shape index (κ3) is 4.55. The summed E-state index contributed by atoms with van der Waals surface area (Å²) in [6, 6.07) is 12.8. The van der Waals surface area contributed by atoms with Crippen LogP contribution >= 0.6 is 0 Å². The number of rotatable bonds is 6. The first kappa shape index (κ1) is 24.9. The fourth-order valence-electron chi connectivity index (χ4n) is 4.14. The van der Waals surface area contributed by atoms with Crippen molar-refractivity contribution in [3.63, 3.8) is 0 Å². The normalized spacial score (nSPS) is 11.6. The molecule has 5 rings (SSSR count). The molecule has 0 aliphatic heterocycles. The summed E-state index contributed by atoms with van der Waals surface area (Å²) in [6.07, 6.45) is -3.16. The summed E-state index contributed by atoms with van der Waals surface area (Å²) in [6.45, 7) is 1.82. The van der Waals surface area contributed by atoms with Crippen LogP contribution in [-0.4, -0.2) is 36.4 Å². The minimum Gasteiger partial charge on any atom is -0.434 e. The molecule has 38 heavy (non-hydrogen) atoms. The summed E-state index contributed by atoms with van der Waals surface area (Å²) in [5.41, 5.74) is 1.03. The summed E-state index contributed by atoms with van der Waals surface area (Å²) in [7, 11) is 1.79. The first-order valence-corrected chi connectivity index (χ1v) is 11.5. The van der Waals surface area contributed by atoms with Crippen LogP contribution in [0, 0.1) is 11.3 Å². The van der Waals surface area contributed by atoms with Gasteiger partial charge in [0.1, 0.15) is 28.9 Å². The van der Waals surface area contributed by atoms with E-state index in [1.54, 1.807) is 48.3 Å². The van der Waals surface area contributed by atoms with E-state index in [0.717, 1.165) is 6.07 Å². The lowest BCUT2D eigenvalue weighted by Crippen LogP contribution is -2.06. The van der Waals surface area contributed by atoms with E-state index in [4.69, 9.17) is 4.42 Å². The van der Waals surface area contributed by atoms with Crippen molar-refractivity contribution in [2.24, 2.45) is 7.05 Å². The number of benzene rings is 2. The Morgan fingerprint density at radius 3 is 2.58 bits per heavy atom. The summed E-state index contributed by atoms with van der Waals surface area (Å²) >= 11 is 0. The number of nitrogens with one attached hydrogen (secondary N) is 1. The third-order valence-corrected chi connectivity index (χ3v) is 5.85. The molecule has 192 valence electrons. The molecule has 3 aromatic heterocycles. The highest BCUT2D eigenvalue weighted by Gasteiger charge is 2.35. The van der Waals surface area contributed by atoms with E-state index in [0.29, 0.717) is 40.4 Å². The van der Waals surface area contributed by atoms with Crippen molar-refractivity contribution in [2.45, 2.75) is 19.7 Å². The number of alkyl halides is 3. The summed E-state index contributed by atoms with van der Waals surface area (Å²) in [4.78, 5) is 8.78. The van der Waals surface area contributed by atoms with Crippen molar-refractivity contribution in [1.82, 2.24) is 24.7 Å². The fourth-order valence-corrected chi connectivity index (χ4v) is 4.14. The molecule has 0 atom stereocenters. The average Bonchev–Trinajstić information content (AvgIpc) is 3.53. The lowest BCUT2D eigenvalue weighted by molar-refractivity contribution is -0.136. The Morgan fingerprint density at radius 1 is 1.11 bits per heavy atom. The number of halogens is 3. The van der Waals surface area contributed by atoms with Crippen LogP contribution in [0.1, 0.15) is 23.6 Å². The second-order valence-electron chi connectivity index (χ2n) is 8.46. The smallest absolute Gasteiger partial charge is 0.420 e. The molecule has 0 saturated heterocycles. The number of nitrogens with zero attached hydrogens (tertiary/aromatic N) is 6. The number of aryl methyl sites for hydroxylation is 1. The maximum absolute atomic E-state index is 13.7. The number of pyridine rings is 1. The molecule has 0 fully saturated rings. The number of aliphatic hydroxyl groups excluding tert-OH is 1. The van der Waals surface area contributed by atoms with Crippen LogP contribution in [0.4, 0.5) is 19.0 Å². The quantitative estimate of drug-likeness (QED) is 0.315. The molecule has 0 unspecified atom stereocenters.